The minimum Gasteiger partial charge on any atom is -0.491 e. The largest absolute Gasteiger partial charge is 0.491 e. The maximum Gasteiger partial charge on any atom is 0.436 e. The van der Waals surface area contributed by atoms with Gasteiger partial charge in [-0.25, -0.2) is 4.39 Å². The molecule has 0 bridgehead atoms. The molecule has 0 spiro atoms. The van der Waals surface area contributed by atoms with E-state index >= 15 is 0 Å². The number of benzene rings is 2. The number of hydrogen-bond acceptors (Lipinski definition) is 4. The summed E-state index contributed by atoms with van der Waals surface area (Å²) in [6.07, 6.45) is 0.970. The highest BCUT2D eigenvalue weighted by atomic mass is 32.1. The maximum atomic E-state index is 14.8. The van der Waals surface area contributed by atoms with Crippen LogP contribution in [0.15, 0.2) is 42.5 Å². The summed E-state index contributed by atoms with van der Waals surface area (Å²) in [7, 11) is 0. The first-order chi connectivity index (χ1) is 15.4. The van der Waals surface area contributed by atoms with E-state index < -0.39 is 11.9 Å². The Bertz CT molecular complexity index is 1040. The van der Waals surface area contributed by atoms with Crippen molar-refractivity contribution in [2.45, 2.75) is 57.7 Å². The predicted molar refractivity (Wildman–Crippen MR) is 121 cm³/mol. The molecule has 1 aliphatic heterocycles. The maximum absolute atomic E-state index is 14.8. The quantitative estimate of drug-likeness (QED) is 0.343. The Kier molecular flexibility index (Phi) is 6.96. The van der Waals surface area contributed by atoms with Gasteiger partial charge in [-0.05, 0) is 67.5 Å². The third-order valence-corrected chi connectivity index (χ3v) is 6.95. The zero-order valence-electron chi connectivity index (χ0n) is 18.2. The summed E-state index contributed by atoms with van der Waals surface area (Å²) in [6, 6.07) is 11.0. The molecular formula is C25H27F3O3S. The Labute approximate surface area is 190 Å². The third kappa shape index (κ3) is 4.89. The summed E-state index contributed by atoms with van der Waals surface area (Å²) in [5.74, 6) is -0.243. The molecule has 0 saturated carbocycles. The fourth-order valence-corrected chi connectivity index (χ4v) is 5.09. The number of thiophene rings is 1. The summed E-state index contributed by atoms with van der Waals surface area (Å²) in [5, 5.41) is 0.392. The average Bonchev–Trinajstić information content (AvgIpc) is 3.23. The van der Waals surface area contributed by atoms with Gasteiger partial charge in [0.2, 0.25) is 0 Å². The summed E-state index contributed by atoms with van der Waals surface area (Å²) in [5.41, 5.74) is 1.06. The van der Waals surface area contributed by atoms with Crippen molar-refractivity contribution < 1.29 is 27.4 Å². The summed E-state index contributed by atoms with van der Waals surface area (Å²) in [6.45, 7) is 4.83. The number of hydrogen-bond donors (Lipinski definition) is 0. The van der Waals surface area contributed by atoms with Crippen molar-refractivity contribution in [2.75, 3.05) is 13.2 Å². The minimum absolute atomic E-state index is 0.0564. The first kappa shape index (κ1) is 22.9. The molecule has 3 aromatic rings. The van der Waals surface area contributed by atoms with Crippen molar-refractivity contribution in [3.63, 3.8) is 0 Å². The van der Waals surface area contributed by atoms with Crippen LogP contribution in [0.25, 0.3) is 10.1 Å². The lowest BCUT2D eigenvalue weighted by Crippen LogP contribution is -2.24. The van der Waals surface area contributed by atoms with Gasteiger partial charge in [0.15, 0.2) is 11.6 Å². The standard InChI is InChI=1S/C25H27F3O3S/c1-3-5-19-10-8-18(15-30-19)16-6-11-20(12-7-16)31-25(27,28)22-14-17-9-13-21(29-4-2)23(26)24(17)32-22/h6-7,9,11-14,18-19H,3-5,8,10,15H2,1-2H3. The van der Waals surface area contributed by atoms with Gasteiger partial charge >= 0.3 is 6.11 Å². The lowest BCUT2D eigenvalue weighted by molar-refractivity contribution is -0.182. The molecule has 1 saturated heterocycles. The van der Waals surface area contributed by atoms with Gasteiger partial charge in [0.05, 0.1) is 24.0 Å². The molecule has 1 aromatic heterocycles. The number of alkyl halides is 2. The highest BCUT2D eigenvalue weighted by molar-refractivity contribution is 7.19. The van der Waals surface area contributed by atoms with Crippen LogP contribution >= 0.6 is 11.3 Å². The molecule has 32 heavy (non-hydrogen) atoms. The molecule has 0 aliphatic carbocycles. The van der Waals surface area contributed by atoms with Crippen molar-refractivity contribution in [2.24, 2.45) is 0 Å². The van der Waals surface area contributed by atoms with Crippen molar-refractivity contribution in [3.05, 3.63) is 58.7 Å². The molecule has 1 fully saturated rings. The van der Waals surface area contributed by atoms with E-state index in [0.29, 0.717) is 36.0 Å². The molecule has 4 rings (SSSR count). The molecule has 0 N–H and O–H groups in total. The first-order valence-corrected chi connectivity index (χ1v) is 11.9. The number of rotatable bonds is 8. The van der Waals surface area contributed by atoms with Crippen LogP contribution in [0.1, 0.15) is 55.9 Å². The summed E-state index contributed by atoms with van der Waals surface area (Å²) < 4.78 is 60.5. The van der Waals surface area contributed by atoms with Crippen LogP contribution in [0.4, 0.5) is 13.2 Å². The van der Waals surface area contributed by atoms with Gasteiger partial charge in [0, 0.05) is 5.92 Å². The zero-order chi connectivity index (χ0) is 22.7. The van der Waals surface area contributed by atoms with Crippen LogP contribution < -0.4 is 9.47 Å². The SMILES string of the molecule is CCCC1CCC(c2ccc(OC(F)(F)c3cc4ccc(OCC)c(F)c4s3)cc2)CO1. The molecule has 2 aromatic carbocycles. The molecule has 0 radical (unpaired) electrons. The van der Waals surface area contributed by atoms with Gasteiger partial charge < -0.3 is 14.2 Å². The van der Waals surface area contributed by atoms with Crippen LogP contribution in [0.2, 0.25) is 0 Å². The molecule has 172 valence electrons. The van der Waals surface area contributed by atoms with E-state index in [0.717, 1.165) is 31.2 Å². The monoisotopic (exact) mass is 464 g/mol. The highest BCUT2D eigenvalue weighted by Crippen LogP contribution is 2.41. The van der Waals surface area contributed by atoms with Gasteiger partial charge in [-0.1, -0.05) is 25.5 Å². The smallest absolute Gasteiger partial charge is 0.436 e. The number of ether oxygens (including phenoxy) is 3. The molecule has 2 unspecified atom stereocenters. The van der Waals surface area contributed by atoms with Gasteiger partial charge in [0.1, 0.15) is 10.6 Å². The average molecular weight is 465 g/mol. The first-order valence-electron chi connectivity index (χ1n) is 11.0. The summed E-state index contributed by atoms with van der Waals surface area (Å²) >= 11 is 0.674. The molecule has 3 nitrogen and oxygen atoms in total. The number of halogens is 3. The van der Waals surface area contributed by atoms with Crippen molar-refractivity contribution in [1.29, 1.82) is 0 Å². The van der Waals surface area contributed by atoms with E-state index in [2.05, 4.69) is 6.92 Å². The van der Waals surface area contributed by atoms with Crippen LogP contribution in [-0.2, 0) is 10.8 Å². The second kappa shape index (κ2) is 9.71. The van der Waals surface area contributed by atoms with E-state index in [-0.39, 0.29) is 27.0 Å². The van der Waals surface area contributed by atoms with Crippen LogP contribution in [0.3, 0.4) is 0 Å². The second-order valence-electron chi connectivity index (χ2n) is 8.05. The van der Waals surface area contributed by atoms with Crippen LogP contribution in [-0.4, -0.2) is 19.3 Å². The van der Waals surface area contributed by atoms with Crippen molar-refractivity contribution in [3.8, 4) is 11.5 Å². The Morgan fingerprint density at radius 3 is 2.53 bits per heavy atom. The lowest BCUT2D eigenvalue weighted by atomic mass is 9.90. The Morgan fingerprint density at radius 2 is 1.88 bits per heavy atom. The molecule has 2 heterocycles. The van der Waals surface area contributed by atoms with Crippen molar-refractivity contribution in [1.82, 2.24) is 0 Å². The van der Waals surface area contributed by atoms with Crippen molar-refractivity contribution >= 4 is 21.4 Å². The Hall–Kier alpha value is -2.25. The Balaban J connectivity index is 1.46. The molecule has 0 amide bonds. The van der Waals surface area contributed by atoms with Crippen LogP contribution in [0, 0.1) is 5.82 Å². The fourth-order valence-electron chi connectivity index (χ4n) is 4.09. The van der Waals surface area contributed by atoms with Crippen LogP contribution in [0.5, 0.6) is 11.5 Å². The van der Waals surface area contributed by atoms with E-state index in [1.54, 1.807) is 25.1 Å². The van der Waals surface area contributed by atoms with E-state index in [4.69, 9.17) is 14.2 Å². The van der Waals surface area contributed by atoms with E-state index in [1.807, 2.05) is 12.1 Å². The lowest BCUT2D eigenvalue weighted by Gasteiger charge is -2.29. The molecular weight excluding hydrogens is 437 g/mol. The van der Waals surface area contributed by atoms with Gasteiger partial charge in [-0.2, -0.15) is 8.78 Å². The molecule has 2 atom stereocenters. The normalized spacial score (nSPS) is 19.3. The van der Waals surface area contributed by atoms with Gasteiger partial charge in [-0.15, -0.1) is 11.3 Å². The van der Waals surface area contributed by atoms with Gasteiger partial charge in [-0.3, -0.25) is 0 Å². The number of fused-ring (bicyclic) bond motifs is 1. The fraction of sp³-hybridized carbons (Fsp3) is 0.440. The van der Waals surface area contributed by atoms with Gasteiger partial charge in [0.25, 0.3) is 0 Å². The summed E-state index contributed by atoms with van der Waals surface area (Å²) in [4.78, 5) is -0.355. The third-order valence-electron chi connectivity index (χ3n) is 5.76. The molecule has 1 aliphatic rings. The predicted octanol–water partition coefficient (Wildman–Crippen LogP) is 7.63. The Morgan fingerprint density at radius 1 is 1.09 bits per heavy atom. The highest BCUT2D eigenvalue weighted by Gasteiger charge is 2.37. The van der Waals surface area contributed by atoms with E-state index in [9.17, 15) is 13.2 Å². The second-order valence-corrected chi connectivity index (χ2v) is 9.10. The zero-order valence-corrected chi connectivity index (χ0v) is 19.0. The minimum atomic E-state index is -3.58. The van der Waals surface area contributed by atoms with E-state index in [1.165, 1.54) is 12.1 Å². The molecule has 7 heteroatoms. The topological polar surface area (TPSA) is 27.7 Å².